The molecule has 31 heavy (non-hydrogen) atoms. The lowest BCUT2D eigenvalue weighted by molar-refractivity contribution is -0.122. The maximum absolute atomic E-state index is 12.9. The third-order valence-corrected chi connectivity index (χ3v) is 7.44. The molecule has 1 aliphatic rings. The number of sulfonamides is 1. The van der Waals surface area contributed by atoms with E-state index in [-0.39, 0.29) is 22.8 Å². The van der Waals surface area contributed by atoms with Crippen molar-refractivity contribution < 1.29 is 17.9 Å². The number of aryl methyl sites for hydroxylation is 1. The smallest absolute Gasteiger partial charge is 0.243 e. The Labute approximate surface area is 185 Å². The number of nitrogens with zero attached hydrogens (tertiary/aromatic N) is 1. The van der Waals surface area contributed by atoms with E-state index in [1.807, 2.05) is 44.2 Å². The van der Waals surface area contributed by atoms with Crippen LogP contribution in [0.1, 0.15) is 44.2 Å². The van der Waals surface area contributed by atoms with E-state index in [1.165, 1.54) is 4.31 Å². The Morgan fingerprint density at radius 3 is 2.42 bits per heavy atom. The summed E-state index contributed by atoms with van der Waals surface area (Å²) in [5.74, 6) is 0.521. The van der Waals surface area contributed by atoms with Crippen LogP contribution in [-0.4, -0.2) is 44.4 Å². The second-order valence-electron chi connectivity index (χ2n) is 8.68. The van der Waals surface area contributed by atoms with Gasteiger partial charge in [-0.15, -0.1) is 0 Å². The van der Waals surface area contributed by atoms with E-state index in [9.17, 15) is 13.2 Å². The van der Waals surface area contributed by atoms with Crippen LogP contribution in [0.4, 0.5) is 0 Å². The fraction of sp³-hybridized carbons (Fsp3) is 0.458. The van der Waals surface area contributed by atoms with Gasteiger partial charge in [0.1, 0.15) is 5.75 Å². The number of amides is 1. The largest absolute Gasteiger partial charge is 0.496 e. The highest BCUT2D eigenvalue weighted by Gasteiger charge is 2.28. The highest BCUT2D eigenvalue weighted by molar-refractivity contribution is 7.89. The molecule has 0 bridgehead atoms. The summed E-state index contributed by atoms with van der Waals surface area (Å²) in [6, 6.07) is 14.9. The third kappa shape index (κ3) is 6.08. The number of rotatable bonds is 9. The molecule has 0 saturated carbocycles. The van der Waals surface area contributed by atoms with E-state index in [0.717, 1.165) is 30.4 Å². The summed E-state index contributed by atoms with van der Waals surface area (Å²) in [5.41, 5.74) is 1.50. The first-order valence-electron chi connectivity index (χ1n) is 10.7. The summed E-state index contributed by atoms with van der Waals surface area (Å²) < 4.78 is 32.7. The molecule has 0 aromatic heterocycles. The SMILES string of the molecule is COc1ccc(S(=O)(=O)N2CCCC2)cc1CCC(=O)NC(C)(C)Cc1ccccc1. The van der Waals surface area contributed by atoms with Crippen LogP contribution in [0, 0.1) is 0 Å². The summed E-state index contributed by atoms with van der Waals surface area (Å²) in [7, 11) is -1.96. The number of methoxy groups -OCH3 is 1. The van der Waals surface area contributed by atoms with Crippen molar-refractivity contribution in [2.24, 2.45) is 0 Å². The average Bonchev–Trinajstić information content (AvgIpc) is 3.28. The van der Waals surface area contributed by atoms with Crippen LogP contribution in [0.25, 0.3) is 0 Å². The molecule has 0 unspecified atom stereocenters. The van der Waals surface area contributed by atoms with E-state index in [2.05, 4.69) is 5.32 Å². The van der Waals surface area contributed by atoms with Gasteiger partial charge < -0.3 is 10.1 Å². The number of benzene rings is 2. The number of hydrogen-bond donors (Lipinski definition) is 1. The molecule has 7 heteroatoms. The lowest BCUT2D eigenvalue weighted by atomic mass is 9.94. The van der Waals surface area contributed by atoms with Crippen molar-refractivity contribution in [1.29, 1.82) is 0 Å². The topological polar surface area (TPSA) is 75.7 Å². The van der Waals surface area contributed by atoms with E-state index < -0.39 is 10.0 Å². The van der Waals surface area contributed by atoms with Crippen LogP contribution >= 0.6 is 0 Å². The van der Waals surface area contributed by atoms with E-state index in [1.54, 1.807) is 25.3 Å². The van der Waals surface area contributed by atoms with Gasteiger partial charge in [0.25, 0.3) is 0 Å². The van der Waals surface area contributed by atoms with Crippen LogP contribution in [0.3, 0.4) is 0 Å². The molecule has 1 fully saturated rings. The first-order chi connectivity index (χ1) is 14.7. The summed E-state index contributed by atoms with van der Waals surface area (Å²) >= 11 is 0. The monoisotopic (exact) mass is 444 g/mol. The predicted molar refractivity (Wildman–Crippen MR) is 122 cm³/mol. The number of ether oxygens (including phenoxy) is 1. The van der Waals surface area contributed by atoms with Crippen LogP contribution in [0.15, 0.2) is 53.4 Å². The zero-order chi connectivity index (χ0) is 22.5. The fourth-order valence-corrected chi connectivity index (χ4v) is 5.60. The summed E-state index contributed by atoms with van der Waals surface area (Å²) in [4.78, 5) is 12.9. The van der Waals surface area contributed by atoms with Gasteiger partial charge in [0.2, 0.25) is 15.9 Å². The molecule has 1 saturated heterocycles. The molecule has 1 amide bonds. The van der Waals surface area contributed by atoms with Gasteiger partial charge in [-0.05, 0) is 68.9 Å². The molecule has 1 heterocycles. The minimum atomic E-state index is -3.51. The summed E-state index contributed by atoms with van der Waals surface area (Å²) in [6.07, 6.45) is 3.16. The molecule has 168 valence electrons. The highest BCUT2D eigenvalue weighted by Crippen LogP contribution is 2.27. The molecule has 1 N–H and O–H groups in total. The molecule has 0 spiro atoms. The molecule has 2 aromatic carbocycles. The van der Waals surface area contributed by atoms with E-state index in [0.29, 0.717) is 25.3 Å². The molecule has 1 aliphatic heterocycles. The Balaban J connectivity index is 1.66. The quantitative estimate of drug-likeness (QED) is 0.642. The fourth-order valence-electron chi connectivity index (χ4n) is 4.03. The lowest BCUT2D eigenvalue weighted by Crippen LogP contribution is -2.45. The van der Waals surface area contributed by atoms with Crippen molar-refractivity contribution in [2.75, 3.05) is 20.2 Å². The van der Waals surface area contributed by atoms with Gasteiger partial charge in [-0.25, -0.2) is 8.42 Å². The van der Waals surface area contributed by atoms with Crippen LogP contribution in [-0.2, 0) is 27.7 Å². The molecule has 0 atom stereocenters. The predicted octanol–water partition coefficient (Wildman–Crippen LogP) is 3.55. The van der Waals surface area contributed by atoms with Gasteiger partial charge in [0, 0.05) is 25.0 Å². The minimum Gasteiger partial charge on any atom is -0.496 e. The Hall–Kier alpha value is -2.38. The number of carbonyl (C=O) groups is 1. The molecule has 6 nitrogen and oxygen atoms in total. The van der Waals surface area contributed by atoms with Gasteiger partial charge in [-0.3, -0.25) is 4.79 Å². The van der Waals surface area contributed by atoms with Gasteiger partial charge in [-0.1, -0.05) is 30.3 Å². The molecule has 0 radical (unpaired) electrons. The second-order valence-corrected chi connectivity index (χ2v) is 10.6. The van der Waals surface area contributed by atoms with Crippen LogP contribution in [0.2, 0.25) is 0 Å². The maximum Gasteiger partial charge on any atom is 0.243 e. The summed E-state index contributed by atoms with van der Waals surface area (Å²) in [5, 5.41) is 3.10. The van der Waals surface area contributed by atoms with Crippen molar-refractivity contribution in [1.82, 2.24) is 9.62 Å². The van der Waals surface area contributed by atoms with Crippen molar-refractivity contribution in [3.63, 3.8) is 0 Å². The Morgan fingerprint density at radius 2 is 1.77 bits per heavy atom. The zero-order valence-electron chi connectivity index (χ0n) is 18.6. The van der Waals surface area contributed by atoms with E-state index >= 15 is 0 Å². The normalized spacial score (nSPS) is 15.1. The Morgan fingerprint density at radius 1 is 1.10 bits per heavy atom. The third-order valence-electron chi connectivity index (χ3n) is 5.54. The number of carbonyl (C=O) groups excluding carboxylic acids is 1. The minimum absolute atomic E-state index is 0.0733. The van der Waals surface area contributed by atoms with Crippen molar-refractivity contribution in [2.45, 2.75) is 56.4 Å². The van der Waals surface area contributed by atoms with Crippen LogP contribution in [0.5, 0.6) is 5.75 Å². The van der Waals surface area contributed by atoms with Crippen molar-refractivity contribution in [3.8, 4) is 5.75 Å². The van der Waals surface area contributed by atoms with Crippen molar-refractivity contribution >= 4 is 15.9 Å². The first-order valence-corrected chi connectivity index (χ1v) is 12.2. The molecular weight excluding hydrogens is 412 g/mol. The zero-order valence-corrected chi connectivity index (χ0v) is 19.4. The first kappa shape index (κ1) is 23.3. The van der Waals surface area contributed by atoms with Gasteiger partial charge in [-0.2, -0.15) is 4.31 Å². The van der Waals surface area contributed by atoms with Gasteiger partial charge in [0.15, 0.2) is 0 Å². The van der Waals surface area contributed by atoms with E-state index in [4.69, 9.17) is 4.74 Å². The van der Waals surface area contributed by atoms with Gasteiger partial charge in [0.05, 0.1) is 12.0 Å². The highest BCUT2D eigenvalue weighted by atomic mass is 32.2. The molecular formula is C24H32N2O4S. The van der Waals surface area contributed by atoms with Crippen molar-refractivity contribution in [3.05, 3.63) is 59.7 Å². The Bertz CT molecular complexity index is 997. The van der Waals surface area contributed by atoms with Gasteiger partial charge >= 0.3 is 0 Å². The summed E-state index contributed by atoms with van der Waals surface area (Å²) in [6.45, 7) is 5.12. The number of nitrogens with one attached hydrogen (secondary N) is 1. The molecule has 3 rings (SSSR count). The lowest BCUT2D eigenvalue weighted by Gasteiger charge is -2.26. The second kappa shape index (κ2) is 9.83. The van der Waals surface area contributed by atoms with Crippen LogP contribution < -0.4 is 10.1 Å². The Kier molecular flexibility index (Phi) is 7.38. The molecule has 0 aliphatic carbocycles. The average molecular weight is 445 g/mol. The molecule has 2 aromatic rings. The number of hydrogen-bond acceptors (Lipinski definition) is 4. The maximum atomic E-state index is 12.9. The standard InChI is InChI=1S/C24H32N2O4S/c1-24(2,18-19-9-5-4-6-10-19)25-23(27)14-11-20-17-21(12-13-22(20)30-3)31(28,29)26-15-7-8-16-26/h4-6,9-10,12-13,17H,7-8,11,14-16,18H2,1-3H3,(H,25,27).